The number of carbonyl (C=O) groups excluding carboxylic acids is 3. The number of hydrogen-bond donors (Lipinski definition) is 3. The van der Waals surface area contributed by atoms with Crippen LogP contribution in [0.1, 0.15) is 34.1 Å². The lowest BCUT2D eigenvalue weighted by atomic mass is 10.2. The van der Waals surface area contributed by atoms with Gasteiger partial charge in [-0.2, -0.15) is 0 Å². The van der Waals surface area contributed by atoms with Crippen molar-refractivity contribution < 1.29 is 19.1 Å². The van der Waals surface area contributed by atoms with Crippen molar-refractivity contribution in [1.29, 1.82) is 0 Å². The highest BCUT2D eigenvalue weighted by atomic mass is 35.5. The van der Waals surface area contributed by atoms with E-state index < -0.39 is 0 Å². The number of hydrogen-bond acceptors (Lipinski definition) is 4. The van der Waals surface area contributed by atoms with E-state index in [4.69, 9.17) is 16.3 Å². The third-order valence-electron chi connectivity index (χ3n) is 4.60. The number of ether oxygens (including phenoxy) is 1. The van der Waals surface area contributed by atoms with Crippen molar-refractivity contribution in [3.05, 3.63) is 88.9 Å². The Kier molecular flexibility index (Phi) is 8.43. The second-order valence-electron chi connectivity index (χ2n) is 7.05. The number of rotatable bonds is 9. The van der Waals surface area contributed by atoms with Gasteiger partial charge in [-0.15, -0.1) is 0 Å². The van der Waals surface area contributed by atoms with E-state index in [1.807, 2.05) is 6.92 Å². The minimum absolute atomic E-state index is 0.110. The van der Waals surface area contributed by atoms with Crippen molar-refractivity contribution in [1.82, 2.24) is 5.32 Å². The van der Waals surface area contributed by atoms with Crippen LogP contribution in [0.15, 0.2) is 72.8 Å². The molecule has 0 bridgehead atoms. The molecule has 33 heavy (non-hydrogen) atoms. The first kappa shape index (κ1) is 23.8. The summed E-state index contributed by atoms with van der Waals surface area (Å²) in [6, 6.07) is 20.2. The minimum atomic E-state index is -0.276. The van der Waals surface area contributed by atoms with Crippen LogP contribution in [-0.4, -0.2) is 30.9 Å². The number of carbonyl (C=O) groups is 3. The van der Waals surface area contributed by atoms with Crippen molar-refractivity contribution in [3.8, 4) is 5.75 Å². The highest BCUT2D eigenvalue weighted by Crippen LogP contribution is 2.17. The molecule has 0 saturated heterocycles. The van der Waals surface area contributed by atoms with Gasteiger partial charge in [-0.1, -0.05) is 11.6 Å². The monoisotopic (exact) mass is 465 g/mol. The van der Waals surface area contributed by atoms with Gasteiger partial charge in [0.05, 0.1) is 6.61 Å². The molecule has 3 aromatic carbocycles. The van der Waals surface area contributed by atoms with E-state index in [2.05, 4.69) is 16.0 Å². The van der Waals surface area contributed by atoms with Crippen LogP contribution in [0.3, 0.4) is 0 Å². The van der Waals surface area contributed by atoms with Crippen LogP contribution in [0.5, 0.6) is 5.75 Å². The van der Waals surface area contributed by atoms with E-state index in [1.54, 1.807) is 72.8 Å². The maximum Gasteiger partial charge on any atom is 0.255 e. The summed E-state index contributed by atoms with van der Waals surface area (Å²) in [6.45, 7) is 2.67. The Bertz CT molecular complexity index is 1100. The smallest absolute Gasteiger partial charge is 0.255 e. The van der Waals surface area contributed by atoms with Gasteiger partial charge in [0.2, 0.25) is 5.91 Å². The predicted octanol–water partition coefficient (Wildman–Crippen LogP) is 4.75. The van der Waals surface area contributed by atoms with E-state index >= 15 is 0 Å². The highest BCUT2D eigenvalue weighted by molar-refractivity contribution is 6.30. The number of amides is 3. The Morgan fingerprint density at radius 2 is 1.30 bits per heavy atom. The molecule has 0 unspecified atom stereocenters. The molecule has 3 N–H and O–H groups in total. The van der Waals surface area contributed by atoms with Gasteiger partial charge in [-0.25, -0.2) is 0 Å². The summed E-state index contributed by atoms with van der Waals surface area (Å²) in [5, 5.41) is 8.79. The topological polar surface area (TPSA) is 96.5 Å². The number of nitrogens with one attached hydrogen (secondary N) is 3. The van der Waals surface area contributed by atoms with Gasteiger partial charge >= 0.3 is 0 Å². The number of benzene rings is 3. The van der Waals surface area contributed by atoms with Crippen LogP contribution >= 0.6 is 11.6 Å². The SMILES string of the molecule is CCOc1ccc(NC(=O)c2ccc(NC(=O)CCNC(=O)c3ccc(Cl)cc3)cc2)cc1. The summed E-state index contributed by atoms with van der Waals surface area (Å²) in [7, 11) is 0. The summed E-state index contributed by atoms with van der Waals surface area (Å²) in [5.41, 5.74) is 2.14. The van der Waals surface area contributed by atoms with Gasteiger partial charge in [-0.05, 0) is 79.7 Å². The normalized spacial score (nSPS) is 10.2. The molecule has 0 radical (unpaired) electrons. The van der Waals surface area contributed by atoms with Gasteiger partial charge in [0.15, 0.2) is 0 Å². The molecule has 0 saturated carbocycles. The molecule has 0 aliphatic heterocycles. The van der Waals surface area contributed by atoms with E-state index in [0.717, 1.165) is 5.75 Å². The second kappa shape index (κ2) is 11.7. The Morgan fingerprint density at radius 1 is 0.758 bits per heavy atom. The average molecular weight is 466 g/mol. The minimum Gasteiger partial charge on any atom is -0.494 e. The highest BCUT2D eigenvalue weighted by Gasteiger charge is 2.09. The first-order valence-corrected chi connectivity index (χ1v) is 10.8. The van der Waals surface area contributed by atoms with E-state index in [0.29, 0.717) is 34.1 Å². The molecule has 0 fully saturated rings. The van der Waals surface area contributed by atoms with Gasteiger partial charge in [0.25, 0.3) is 11.8 Å². The van der Waals surface area contributed by atoms with Crippen molar-refractivity contribution in [3.63, 3.8) is 0 Å². The molecule has 7 nitrogen and oxygen atoms in total. The molecule has 3 amide bonds. The molecule has 0 atom stereocenters. The molecule has 3 rings (SSSR count). The third-order valence-corrected chi connectivity index (χ3v) is 4.85. The second-order valence-corrected chi connectivity index (χ2v) is 7.49. The van der Waals surface area contributed by atoms with Crippen molar-refractivity contribution >= 4 is 40.7 Å². The zero-order chi connectivity index (χ0) is 23.6. The molecule has 0 heterocycles. The van der Waals surface area contributed by atoms with Gasteiger partial charge in [0, 0.05) is 40.5 Å². The summed E-state index contributed by atoms with van der Waals surface area (Å²) >= 11 is 5.81. The van der Waals surface area contributed by atoms with E-state index in [1.165, 1.54) is 0 Å². The average Bonchev–Trinajstić information content (AvgIpc) is 2.81. The van der Waals surface area contributed by atoms with Crippen LogP contribution in [0.4, 0.5) is 11.4 Å². The molecule has 0 aliphatic carbocycles. The molecule has 0 spiro atoms. The van der Waals surface area contributed by atoms with Gasteiger partial charge in [-0.3, -0.25) is 14.4 Å². The molecule has 0 aliphatic rings. The molecular weight excluding hydrogens is 442 g/mol. The standard InChI is InChI=1S/C25H24ClN3O4/c1-2-33-22-13-11-21(12-14-22)29-25(32)18-5-9-20(10-6-18)28-23(30)15-16-27-24(31)17-3-7-19(26)8-4-17/h3-14H,2,15-16H2,1H3,(H,27,31)(H,28,30)(H,29,32). The molecular formula is C25H24ClN3O4. The Balaban J connectivity index is 1.44. The lowest BCUT2D eigenvalue weighted by Gasteiger charge is -2.09. The van der Waals surface area contributed by atoms with Gasteiger partial charge < -0.3 is 20.7 Å². The van der Waals surface area contributed by atoms with E-state index in [-0.39, 0.29) is 30.7 Å². The molecule has 3 aromatic rings. The van der Waals surface area contributed by atoms with Crippen LogP contribution in [-0.2, 0) is 4.79 Å². The van der Waals surface area contributed by atoms with Crippen LogP contribution in [0, 0.1) is 0 Å². The fraction of sp³-hybridized carbons (Fsp3) is 0.160. The summed E-state index contributed by atoms with van der Waals surface area (Å²) in [5.74, 6) is -0.0533. The largest absolute Gasteiger partial charge is 0.494 e. The summed E-state index contributed by atoms with van der Waals surface area (Å²) in [6.07, 6.45) is 0.110. The fourth-order valence-electron chi connectivity index (χ4n) is 2.93. The molecule has 0 aromatic heterocycles. The zero-order valence-corrected chi connectivity index (χ0v) is 18.8. The lowest BCUT2D eigenvalue weighted by Crippen LogP contribution is -2.27. The fourth-order valence-corrected chi connectivity index (χ4v) is 3.05. The first-order valence-electron chi connectivity index (χ1n) is 10.4. The maximum atomic E-state index is 12.4. The zero-order valence-electron chi connectivity index (χ0n) is 18.1. The van der Waals surface area contributed by atoms with Crippen molar-refractivity contribution in [2.75, 3.05) is 23.8 Å². The third kappa shape index (κ3) is 7.36. The van der Waals surface area contributed by atoms with Crippen LogP contribution in [0.25, 0.3) is 0 Å². The lowest BCUT2D eigenvalue weighted by molar-refractivity contribution is -0.116. The Morgan fingerprint density at radius 3 is 1.94 bits per heavy atom. The van der Waals surface area contributed by atoms with Crippen LogP contribution < -0.4 is 20.7 Å². The maximum absolute atomic E-state index is 12.4. The van der Waals surface area contributed by atoms with Gasteiger partial charge in [0.1, 0.15) is 5.75 Å². The van der Waals surface area contributed by atoms with Crippen LogP contribution in [0.2, 0.25) is 5.02 Å². The Hall–Kier alpha value is -3.84. The number of anilines is 2. The van der Waals surface area contributed by atoms with Crippen molar-refractivity contribution in [2.45, 2.75) is 13.3 Å². The summed E-state index contributed by atoms with van der Waals surface area (Å²) in [4.78, 5) is 36.6. The van der Waals surface area contributed by atoms with E-state index in [9.17, 15) is 14.4 Å². The summed E-state index contributed by atoms with van der Waals surface area (Å²) < 4.78 is 5.38. The van der Waals surface area contributed by atoms with Crippen molar-refractivity contribution in [2.24, 2.45) is 0 Å². The molecule has 8 heteroatoms. The Labute approximate surface area is 197 Å². The first-order chi connectivity index (χ1) is 15.9. The predicted molar refractivity (Wildman–Crippen MR) is 129 cm³/mol. The number of halogens is 1. The molecule has 170 valence electrons. The quantitative estimate of drug-likeness (QED) is 0.425.